The largest absolute Gasteiger partial charge is 0.402 e. The topological polar surface area (TPSA) is 20.0 Å². The molecule has 3 rings (SSSR count). The molecule has 3 heterocycles. The summed E-state index contributed by atoms with van der Waals surface area (Å²) < 4.78 is 2.13. The third kappa shape index (κ3) is 1.80. The number of nitrogens with zero attached hydrogens (tertiary/aromatic N) is 3. The van der Waals surface area contributed by atoms with E-state index in [1.54, 1.807) is 0 Å². The van der Waals surface area contributed by atoms with Crippen LogP contribution in [0.2, 0.25) is 6.82 Å². The minimum Gasteiger partial charge on any atom is -0.293 e. The maximum absolute atomic E-state index is 4.19. The second-order valence-electron chi connectivity index (χ2n) is 4.62. The predicted octanol–water partition coefficient (Wildman–Crippen LogP) is 0.105. The molecule has 0 amide bonds. The van der Waals surface area contributed by atoms with Crippen LogP contribution in [0, 0.1) is 0 Å². The van der Waals surface area contributed by atoms with Gasteiger partial charge in [-0.05, 0) is 24.2 Å². The number of rotatable bonds is 1. The molecule has 0 atom stereocenters. The van der Waals surface area contributed by atoms with Crippen molar-refractivity contribution in [2.24, 2.45) is 7.05 Å². The molecule has 0 N–H and O–H groups in total. The quantitative estimate of drug-likeness (QED) is 0.517. The highest BCUT2D eigenvalue weighted by Gasteiger charge is 2.26. The van der Waals surface area contributed by atoms with Crippen LogP contribution in [0.5, 0.6) is 0 Å². The van der Waals surface area contributed by atoms with E-state index in [0.29, 0.717) is 6.85 Å². The van der Waals surface area contributed by atoms with E-state index < -0.39 is 0 Å². The summed E-state index contributed by atoms with van der Waals surface area (Å²) in [6.07, 6.45) is 7.98. The van der Waals surface area contributed by atoms with Gasteiger partial charge in [-0.3, -0.25) is 9.79 Å². The average molecular weight is 236 g/mol. The number of fused-ring (bicyclic) bond motifs is 1. The van der Waals surface area contributed by atoms with E-state index >= 15 is 0 Å². The van der Waals surface area contributed by atoms with Crippen molar-refractivity contribution in [1.82, 2.24) is 4.98 Å². The van der Waals surface area contributed by atoms with Crippen LogP contribution in [-0.2, 0) is 7.05 Å². The number of anilines is 1. The van der Waals surface area contributed by atoms with Gasteiger partial charge in [0.15, 0.2) is 0 Å². The minimum absolute atomic E-state index is 0.341. The first-order chi connectivity index (χ1) is 8.75. The van der Waals surface area contributed by atoms with Crippen molar-refractivity contribution in [2.75, 3.05) is 4.81 Å². The fourth-order valence-electron chi connectivity index (χ4n) is 2.34. The van der Waals surface area contributed by atoms with E-state index in [-0.39, 0.29) is 0 Å². The number of aromatic nitrogens is 2. The van der Waals surface area contributed by atoms with Gasteiger partial charge in [0.1, 0.15) is 0 Å². The van der Waals surface area contributed by atoms with Gasteiger partial charge < -0.3 is 0 Å². The van der Waals surface area contributed by atoms with Gasteiger partial charge in [-0.2, -0.15) is 0 Å². The van der Waals surface area contributed by atoms with Gasteiger partial charge in [-0.15, -0.1) is 0 Å². The Morgan fingerprint density at radius 3 is 2.94 bits per heavy atom. The molecule has 88 valence electrons. The molecular formula is C14H15BN3+. The summed E-state index contributed by atoms with van der Waals surface area (Å²) >= 11 is 0. The standard InChI is InChI=1S/C14H15BN3/c1-15-9-12-6-7-16-10-13(12)11-18(15)14-5-3-4-8-17(14)2/h3-11H,1-2H3/q+1. The van der Waals surface area contributed by atoms with E-state index in [2.05, 4.69) is 64.8 Å². The second-order valence-corrected chi connectivity index (χ2v) is 4.62. The Morgan fingerprint density at radius 1 is 1.22 bits per heavy atom. The molecule has 0 unspecified atom stereocenters. The van der Waals surface area contributed by atoms with Crippen LogP contribution >= 0.6 is 0 Å². The monoisotopic (exact) mass is 236 g/mol. The molecule has 0 saturated carbocycles. The summed E-state index contributed by atoms with van der Waals surface area (Å²) in [6, 6.07) is 8.29. The fourth-order valence-corrected chi connectivity index (χ4v) is 2.34. The third-order valence-corrected chi connectivity index (χ3v) is 3.32. The summed E-state index contributed by atoms with van der Waals surface area (Å²) in [4.78, 5) is 6.46. The van der Waals surface area contributed by atoms with Crippen LogP contribution < -0.4 is 19.8 Å². The molecular weight excluding hydrogens is 221 g/mol. The van der Waals surface area contributed by atoms with Crippen molar-refractivity contribution in [2.45, 2.75) is 6.82 Å². The zero-order chi connectivity index (χ0) is 12.5. The number of pyridine rings is 2. The van der Waals surface area contributed by atoms with Crippen molar-refractivity contribution in [3.8, 4) is 0 Å². The highest BCUT2D eigenvalue weighted by Crippen LogP contribution is 2.11. The molecule has 0 bridgehead atoms. The van der Waals surface area contributed by atoms with Crippen molar-refractivity contribution in [1.29, 1.82) is 0 Å². The molecule has 2 aromatic heterocycles. The molecule has 18 heavy (non-hydrogen) atoms. The van der Waals surface area contributed by atoms with Gasteiger partial charge in [0.25, 0.3) is 5.82 Å². The van der Waals surface area contributed by atoms with Crippen molar-refractivity contribution in [3.05, 3.63) is 53.3 Å². The Kier molecular flexibility index (Phi) is 2.63. The molecule has 1 aliphatic heterocycles. The first-order valence-electron chi connectivity index (χ1n) is 6.12. The van der Waals surface area contributed by atoms with E-state index in [1.165, 1.54) is 16.3 Å². The third-order valence-electron chi connectivity index (χ3n) is 3.32. The maximum atomic E-state index is 4.19. The predicted molar refractivity (Wildman–Crippen MR) is 74.1 cm³/mol. The van der Waals surface area contributed by atoms with E-state index in [0.717, 1.165) is 0 Å². The normalized spacial score (nSPS) is 13.7. The average Bonchev–Trinajstić information content (AvgIpc) is 2.39. The molecule has 0 spiro atoms. The lowest BCUT2D eigenvalue weighted by molar-refractivity contribution is -0.658. The molecule has 1 aliphatic rings. The van der Waals surface area contributed by atoms with Gasteiger partial charge in [0.2, 0.25) is 0 Å². The van der Waals surface area contributed by atoms with Crippen LogP contribution in [0.3, 0.4) is 0 Å². The molecule has 0 radical (unpaired) electrons. The summed E-state index contributed by atoms with van der Waals surface area (Å²) in [5.41, 5.74) is 0. The minimum atomic E-state index is 0.341. The summed E-state index contributed by atoms with van der Waals surface area (Å²) in [6.45, 7) is 2.54. The summed E-state index contributed by atoms with van der Waals surface area (Å²) in [7, 11) is 2.06. The Morgan fingerprint density at radius 2 is 2.11 bits per heavy atom. The molecule has 0 aromatic carbocycles. The summed E-state index contributed by atoms with van der Waals surface area (Å²) in [5, 5.41) is 2.42. The van der Waals surface area contributed by atoms with Crippen molar-refractivity contribution < 1.29 is 4.57 Å². The SMILES string of the molecule is CB1C=c2ccncc2=CN1c1cccc[n+]1C. The number of aryl methyl sites for hydroxylation is 1. The Bertz CT molecular complexity index is 696. The smallest absolute Gasteiger partial charge is 0.293 e. The van der Waals surface area contributed by atoms with Crippen LogP contribution in [0.1, 0.15) is 0 Å². The fraction of sp³-hybridized carbons (Fsp3) is 0.143. The Labute approximate surface area is 107 Å². The van der Waals surface area contributed by atoms with Gasteiger partial charge in [0, 0.05) is 23.7 Å². The lowest BCUT2D eigenvalue weighted by atomic mass is 9.61. The molecule has 4 heteroatoms. The van der Waals surface area contributed by atoms with Crippen LogP contribution in [-0.4, -0.2) is 11.8 Å². The van der Waals surface area contributed by atoms with Gasteiger partial charge in [-0.1, -0.05) is 12.0 Å². The van der Waals surface area contributed by atoms with Gasteiger partial charge in [-0.25, -0.2) is 4.57 Å². The highest BCUT2D eigenvalue weighted by atomic mass is 15.2. The first-order valence-corrected chi connectivity index (χ1v) is 6.12. The number of hydrogen-bond donors (Lipinski definition) is 0. The molecule has 0 saturated heterocycles. The molecule has 3 nitrogen and oxygen atoms in total. The lowest BCUT2D eigenvalue weighted by Crippen LogP contribution is -2.47. The maximum Gasteiger partial charge on any atom is 0.402 e. The van der Waals surface area contributed by atoms with Crippen LogP contribution in [0.15, 0.2) is 42.9 Å². The van der Waals surface area contributed by atoms with Crippen molar-refractivity contribution in [3.63, 3.8) is 0 Å². The van der Waals surface area contributed by atoms with Gasteiger partial charge in [0.05, 0.1) is 19.4 Å². The van der Waals surface area contributed by atoms with Crippen LogP contribution in [0.4, 0.5) is 5.82 Å². The molecule has 0 fully saturated rings. The first kappa shape index (κ1) is 11.0. The summed E-state index contributed by atoms with van der Waals surface area (Å²) in [5.74, 6) is 3.44. The van der Waals surface area contributed by atoms with E-state index in [9.17, 15) is 0 Å². The molecule has 0 aliphatic carbocycles. The number of hydrogen-bond acceptors (Lipinski definition) is 2. The highest BCUT2D eigenvalue weighted by molar-refractivity contribution is 6.76. The van der Waals surface area contributed by atoms with Crippen molar-refractivity contribution >= 4 is 24.8 Å². The Balaban J connectivity index is 2.16. The second kappa shape index (κ2) is 4.29. The lowest BCUT2D eigenvalue weighted by Gasteiger charge is -2.19. The van der Waals surface area contributed by atoms with Crippen LogP contribution in [0.25, 0.3) is 12.2 Å². The van der Waals surface area contributed by atoms with E-state index in [4.69, 9.17) is 0 Å². The van der Waals surface area contributed by atoms with E-state index in [1.807, 2.05) is 18.5 Å². The zero-order valence-electron chi connectivity index (χ0n) is 10.6. The molecule has 2 aromatic rings. The zero-order valence-corrected chi connectivity index (χ0v) is 10.6. The van der Waals surface area contributed by atoms with Gasteiger partial charge >= 0.3 is 6.85 Å². The Hall–Kier alpha value is -2.10.